The van der Waals surface area contributed by atoms with Gasteiger partial charge < -0.3 is 4.74 Å². The molecule has 0 amide bonds. The van der Waals surface area contributed by atoms with Gasteiger partial charge in [-0.05, 0) is 37.1 Å². The SMILES string of the molecule is C=C/C=C(\C=C(/C)F)C(C)(C)COc1nc(N(C=C)c2ccccc2C)ncc1C#N. The van der Waals surface area contributed by atoms with Gasteiger partial charge >= 0.3 is 0 Å². The molecule has 0 spiro atoms. The van der Waals surface area contributed by atoms with Gasteiger partial charge in [0.05, 0.1) is 24.3 Å². The molecule has 6 heteroatoms. The van der Waals surface area contributed by atoms with Crippen molar-refractivity contribution < 1.29 is 9.13 Å². The predicted molar refractivity (Wildman–Crippen MR) is 123 cm³/mol. The summed E-state index contributed by atoms with van der Waals surface area (Å²) in [4.78, 5) is 10.5. The summed E-state index contributed by atoms with van der Waals surface area (Å²) in [6, 6.07) is 9.82. The van der Waals surface area contributed by atoms with Gasteiger partial charge in [0.2, 0.25) is 11.8 Å². The van der Waals surface area contributed by atoms with Crippen molar-refractivity contribution in [3.05, 3.63) is 90.6 Å². The van der Waals surface area contributed by atoms with Gasteiger partial charge in [0, 0.05) is 11.6 Å². The van der Waals surface area contributed by atoms with Crippen LogP contribution in [0, 0.1) is 23.7 Å². The number of hydrogen-bond donors (Lipinski definition) is 0. The molecule has 0 bridgehead atoms. The molecule has 0 aliphatic carbocycles. The van der Waals surface area contributed by atoms with E-state index in [1.807, 2.05) is 45.0 Å². The van der Waals surface area contributed by atoms with E-state index in [1.165, 1.54) is 19.2 Å². The number of rotatable bonds is 9. The first-order chi connectivity index (χ1) is 14.7. The van der Waals surface area contributed by atoms with Gasteiger partial charge in [-0.25, -0.2) is 9.37 Å². The van der Waals surface area contributed by atoms with E-state index in [1.54, 1.807) is 23.3 Å². The van der Waals surface area contributed by atoms with Crippen molar-refractivity contribution in [2.24, 2.45) is 5.41 Å². The minimum atomic E-state index is -0.562. The zero-order valence-corrected chi connectivity index (χ0v) is 18.4. The largest absolute Gasteiger partial charge is 0.476 e. The van der Waals surface area contributed by atoms with Gasteiger partial charge in [0.25, 0.3) is 0 Å². The summed E-state index contributed by atoms with van der Waals surface area (Å²) in [5.74, 6) is 0.167. The second kappa shape index (κ2) is 10.4. The number of aryl methyl sites for hydroxylation is 1. The highest BCUT2D eigenvalue weighted by Crippen LogP contribution is 2.32. The summed E-state index contributed by atoms with van der Waals surface area (Å²) in [5, 5.41) is 9.48. The van der Waals surface area contributed by atoms with E-state index in [0.717, 1.165) is 11.3 Å². The summed E-state index contributed by atoms with van der Waals surface area (Å²) >= 11 is 0. The molecule has 0 unspecified atom stereocenters. The molecule has 2 aromatic rings. The van der Waals surface area contributed by atoms with Gasteiger partial charge in [-0.1, -0.05) is 57.4 Å². The molecular weight excluding hydrogens is 391 g/mol. The topological polar surface area (TPSA) is 62.0 Å². The van der Waals surface area contributed by atoms with Crippen LogP contribution in [-0.4, -0.2) is 16.6 Å². The number of halogens is 1. The van der Waals surface area contributed by atoms with E-state index < -0.39 is 5.41 Å². The number of nitrogens with zero attached hydrogens (tertiary/aromatic N) is 4. The number of aromatic nitrogens is 2. The molecule has 1 aromatic carbocycles. The molecule has 0 saturated carbocycles. The van der Waals surface area contributed by atoms with Crippen molar-refractivity contribution in [3.63, 3.8) is 0 Å². The van der Waals surface area contributed by atoms with Gasteiger partial charge in [-0.15, -0.1) is 0 Å². The number of hydrogen-bond acceptors (Lipinski definition) is 5. The van der Waals surface area contributed by atoms with Crippen LogP contribution in [0.15, 0.2) is 79.4 Å². The van der Waals surface area contributed by atoms with Crippen molar-refractivity contribution in [1.29, 1.82) is 5.26 Å². The second-order valence-electron chi connectivity index (χ2n) is 7.60. The van der Waals surface area contributed by atoms with Crippen molar-refractivity contribution in [1.82, 2.24) is 9.97 Å². The Morgan fingerprint density at radius 1 is 1.32 bits per heavy atom. The van der Waals surface area contributed by atoms with Crippen LogP contribution in [0.1, 0.15) is 31.9 Å². The molecule has 0 aliphatic rings. The van der Waals surface area contributed by atoms with E-state index in [2.05, 4.69) is 29.2 Å². The number of para-hydroxylation sites is 1. The highest BCUT2D eigenvalue weighted by Gasteiger charge is 2.25. The second-order valence-corrected chi connectivity index (χ2v) is 7.60. The van der Waals surface area contributed by atoms with E-state index in [4.69, 9.17) is 4.74 Å². The maximum atomic E-state index is 13.5. The lowest BCUT2D eigenvalue weighted by molar-refractivity contribution is 0.206. The lowest BCUT2D eigenvalue weighted by Gasteiger charge is -2.27. The van der Waals surface area contributed by atoms with Gasteiger partial charge in [0.1, 0.15) is 11.6 Å². The van der Waals surface area contributed by atoms with E-state index >= 15 is 0 Å². The Labute approximate surface area is 183 Å². The van der Waals surface area contributed by atoms with Crippen LogP contribution < -0.4 is 9.64 Å². The third-order valence-corrected chi connectivity index (χ3v) is 4.64. The monoisotopic (exact) mass is 418 g/mol. The van der Waals surface area contributed by atoms with E-state index in [9.17, 15) is 9.65 Å². The lowest BCUT2D eigenvalue weighted by atomic mass is 9.84. The van der Waals surface area contributed by atoms with Crippen molar-refractivity contribution >= 4 is 11.6 Å². The van der Waals surface area contributed by atoms with Crippen molar-refractivity contribution in [2.45, 2.75) is 27.7 Å². The quantitative estimate of drug-likeness (QED) is 0.445. The summed E-state index contributed by atoms with van der Waals surface area (Å²) in [5.41, 5.74) is 2.25. The van der Waals surface area contributed by atoms with Crippen LogP contribution in [0.4, 0.5) is 16.0 Å². The Kier molecular flexibility index (Phi) is 7.87. The third-order valence-electron chi connectivity index (χ3n) is 4.64. The first-order valence-corrected chi connectivity index (χ1v) is 9.78. The standard InChI is InChI=1S/C25H27FN4O/c1-7-11-21(14-19(4)26)25(5,6)17-31-23-20(15-27)16-28-24(29-23)30(8-2)22-13-10-9-12-18(22)3/h7-14,16H,1-2,17H2,3-6H3/b19-14+,21-11+. The summed E-state index contributed by atoms with van der Waals surface area (Å²) in [6.45, 7) is 14.9. The molecule has 31 heavy (non-hydrogen) atoms. The van der Waals surface area contributed by atoms with Gasteiger partial charge in [-0.3, -0.25) is 4.90 Å². The smallest absolute Gasteiger partial charge is 0.237 e. The lowest BCUT2D eigenvalue weighted by Crippen LogP contribution is -2.24. The van der Waals surface area contributed by atoms with Gasteiger partial charge in [-0.2, -0.15) is 10.2 Å². The van der Waals surface area contributed by atoms with Crippen molar-refractivity contribution in [3.8, 4) is 11.9 Å². The van der Waals surface area contributed by atoms with E-state index in [0.29, 0.717) is 11.5 Å². The van der Waals surface area contributed by atoms with Crippen LogP contribution >= 0.6 is 0 Å². The van der Waals surface area contributed by atoms with Gasteiger partial charge in [0.15, 0.2) is 0 Å². The Morgan fingerprint density at radius 2 is 2.03 bits per heavy atom. The third kappa shape index (κ3) is 5.89. The van der Waals surface area contributed by atoms with Crippen LogP contribution in [0.25, 0.3) is 0 Å². The number of allylic oxidation sites excluding steroid dienone is 4. The number of anilines is 2. The molecule has 1 aromatic heterocycles. The zero-order chi connectivity index (χ0) is 23.0. The molecule has 2 rings (SSSR count). The number of benzene rings is 1. The highest BCUT2D eigenvalue weighted by molar-refractivity contribution is 5.64. The fourth-order valence-electron chi connectivity index (χ4n) is 2.92. The number of ether oxygens (including phenoxy) is 1. The molecule has 0 fully saturated rings. The highest BCUT2D eigenvalue weighted by atomic mass is 19.1. The predicted octanol–water partition coefficient (Wildman–Crippen LogP) is 6.33. The first kappa shape index (κ1) is 23.6. The Morgan fingerprint density at radius 3 is 2.61 bits per heavy atom. The minimum absolute atomic E-state index is 0.153. The minimum Gasteiger partial charge on any atom is -0.476 e. The van der Waals surface area contributed by atoms with Crippen molar-refractivity contribution in [2.75, 3.05) is 11.5 Å². The first-order valence-electron chi connectivity index (χ1n) is 9.78. The Bertz CT molecular complexity index is 1060. The molecule has 0 N–H and O–H groups in total. The molecule has 160 valence electrons. The van der Waals surface area contributed by atoms with Crippen LogP contribution in [0.2, 0.25) is 0 Å². The molecule has 0 aliphatic heterocycles. The average Bonchev–Trinajstić information content (AvgIpc) is 2.73. The average molecular weight is 419 g/mol. The molecule has 0 saturated heterocycles. The fraction of sp³-hybridized carbons (Fsp3) is 0.240. The number of nitriles is 1. The van der Waals surface area contributed by atoms with Crippen LogP contribution in [-0.2, 0) is 0 Å². The maximum absolute atomic E-state index is 13.5. The molecular formula is C25H27FN4O. The van der Waals surface area contributed by atoms with E-state index in [-0.39, 0.29) is 23.9 Å². The normalized spacial score (nSPS) is 12.1. The molecule has 0 radical (unpaired) electrons. The van der Waals surface area contributed by atoms with Crippen LogP contribution in [0.5, 0.6) is 5.88 Å². The maximum Gasteiger partial charge on any atom is 0.237 e. The molecule has 0 atom stereocenters. The molecule has 1 heterocycles. The Balaban J connectivity index is 2.39. The zero-order valence-electron chi connectivity index (χ0n) is 18.4. The fourth-order valence-corrected chi connectivity index (χ4v) is 2.92. The summed E-state index contributed by atoms with van der Waals surface area (Å²) < 4.78 is 19.5. The molecule has 5 nitrogen and oxygen atoms in total. The summed E-state index contributed by atoms with van der Waals surface area (Å²) in [6.07, 6.45) is 7.81. The van der Waals surface area contributed by atoms with Crippen LogP contribution in [0.3, 0.4) is 0 Å². The Hall–Kier alpha value is -3.72. The summed E-state index contributed by atoms with van der Waals surface area (Å²) in [7, 11) is 0.